The number of carbonyl (C=O) groups is 1. The van der Waals surface area contributed by atoms with E-state index in [1.165, 1.54) is 24.5 Å². The van der Waals surface area contributed by atoms with E-state index in [2.05, 4.69) is 4.72 Å². The summed E-state index contributed by atoms with van der Waals surface area (Å²) in [6, 6.07) is 13.7. The largest absolute Gasteiger partial charge is 0.468 e. The van der Waals surface area contributed by atoms with Crippen molar-refractivity contribution in [3.8, 4) is 0 Å². The van der Waals surface area contributed by atoms with E-state index in [0.29, 0.717) is 12.3 Å². The van der Waals surface area contributed by atoms with Crippen LogP contribution in [0.2, 0.25) is 0 Å². The average Bonchev–Trinajstić information content (AvgIpc) is 3.39. The Balaban J connectivity index is 1.58. The number of likely N-dealkylation sites (N-methyl/N-ethyl adjacent to an activating group) is 1. The van der Waals surface area contributed by atoms with E-state index < -0.39 is 10.0 Å². The Morgan fingerprint density at radius 1 is 1.18 bits per heavy atom. The minimum Gasteiger partial charge on any atom is -0.468 e. The first kappa shape index (κ1) is 20.1. The van der Waals surface area contributed by atoms with E-state index >= 15 is 0 Å². The molecule has 3 aromatic rings. The van der Waals surface area contributed by atoms with Gasteiger partial charge < -0.3 is 9.32 Å². The molecule has 1 aromatic carbocycles. The van der Waals surface area contributed by atoms with Crippen molar-refractivity contribution in [3.63, 3.8) is 0 Å². The zero-order chi connectivity index (χ0) is 20.0. The van der Waals surface area contributed by atoms with Gasteiger partial charge in [0.05, 0.1) is 24.2 Å². The van der Waals surface area contributed by atoms with Crippen molar-refractivity contribution >= 4 is 33.3 Å². The Bertz CT molecular complexity index is 1020. The molecule has 6 nitrogen and oxygen atoms in total. The maximum absolute atomic E-state index is 12.3. The van der Waals surface area contributed by atoms with Gasteiger partial charge in [0, 0.05) is 18.0 Å². The highest BCUT2D eigenvalue weighted by Crippen LogP contribution is 2.14. The zero-order valence-corrected chi connectivity index (χ0v) is 16.9. The lowest BCUT2D eigenvalue weighted by Gasteiger charge is -2.13. The number of carbonyl (C=O) groups excluding carboxylic acids is 1. The minimum absolute atomic E-state index is 0.0854. The van der Waals surface area contributed by atoms with Crippen molar-refractivity contribution in [1.29, 1.82) is 0 Å². The summed E-state index contributed by atoms with van der Waals surface area (Å²) in [5.74, 6) is 0.415. The molecule has 1 N–H and O–H groups in total. The maximum atomic E-state index is 12.3. The molecule has 0 saturated heterocycles. The summed E-state index contributed by atoms with van der Waals surface area (Å²) in [7, 11) is -1.89. The van der Waals surface area contributed by atoms with E-state index in [1.54, 1.807) is 53.6 Å². The number of thiophene rings is 1. The standard InChI is InChI=1S/C20H20N2O4S2/c1-22(15-18-5-3-13-27-18)20(23)11-8-16-6-9-19(10-7-16)28(24,25)21-14-17-4-2-12-26-17/h2-13,21H,14-15H2,1H3. The van der Waals surface area contributed by atoms with Crippen LogP contribution in [0.15, 0.2) is 75.6 Å². The lowest BCUT2D eigenvalue weighted by Crippen LogP contribution is -2.23. The van der Waals surface area contributed by atoms with Crippen LogP contribution in [-0.4, -0.2) is 26.3 Å². The van der Waals surface area contributed by atoms with Crippen LogP contribution in [0, 0.1) is 0 Å². The Labute approximate surface area is 168 Å². The number of amides is 1. The molecule has 0 bridgehead atoms. The van der Waals surface area contributed by atoms with Crippen molar-refractivity contribution in [2.75, 3.05) is 7.05 Å². The molecule has 0 spiro atoms. The van der Waals surface area contributed by atoms with Gasteiger partial charge in [-0.1, -0.05) is 18.2 Å². The molecule has 28 heavy (non-hydrogen) atoms. The first-order valence-electron chi connectivity index (χ1n) is 8.52. The monoisotopic (exact) mass is 416 g/mol. The van der Waals surface area contributed by atoms with Gasteiger partial charge in [0.2, 0.25) is 15.9 Å². The van der Waals surface area contributed by atoms with E-state index in [9.17, 15) is 13.2 Å². The Kier molecular flexibility index (Phi) is 6.45. The fourth-order valence-electron chi connectivity index (χ4n) is 2.43. The molecule has 1 amide bonds. The number of hydrogen-bond donors (Lipinski definition) is 1. The van der Waals surface area contributed by atoms with Crippen molar-refractivity contribution < 1.29 is 17.6 Å². The van der Waals surface area contributed by atoms with Crippen LogP contribution in [0.4, 0.5) is 0 Å². The molecule has 0 aliphatic rings. The number of sulfonamides is 1. The molecule has 0 fully saturated rings. The Morgan fingerprint density at radius 3 is 2.61 bits per heavy atom. The van der Waals surface area contributed by atoms with Crippen LogP contribution in [0.3, 0.4) is 0 Å². The fraction of sp³-hybridized carbons (Fsp3) is 0.150. The first-order valence-corrected chi connectivity index (χ1v) is 10.9. The van der Waals surface area contributed by atoms with Crippen molar-refractivity contribution in [2.45, 2.75) is 18.0 Å². The summed E-state index contributed by atoms with van der Waals surface area (Å²) in [4.78, 5) is 15.1. The molecule has 0 atom stereocenters. The quantitative estimate of drug-likeness (QED) is 0.570. The van der Waals surface area contributed by atoms with Crippen LogP contribution in [0.5, 0.6) is 0 Å². The third-order valence-corrected chi connectivity index (χ3v) is 6.25. The first-order chi connectivity index (χ1) is 13.4. The third kappa shape index (κ3) is 5.41. The second-order valence-corrected chi connectivity index (χ2v) is 8.88. The molecule has 0 radical (unpaired) electrons. The molecular formula is C20H20N2O4S2. The smallest absolute Gasteiger partial charge is 0.246 e. The second kappa shape index (κ2) is 9.01. The summed E-state index contributed by atoms with van der Waals surface area (Å²) in [6.07, 6.45) is 4.64. The van der Waals surface area contributed by atoms with Gasteiger partial charge in [-0.05, 0) is 47.4 Å². The average molecular weight is 417 g/mol. The third-order valence-electron chi connectivity index (χ3n) is 3.97. The van der Waals surface area contributed by atoms with Gasteiger partial charge in [-0.25, -0.2) is 13.1 Å². The van der Waals surface area contributed by atoms with Crippen molar-refractivity contribution in [2.24, 2.45) is 0 Å². The van der Waals surface area contributed by atoms with Crippen LogP contribution < -0.4 is 4.72 Å². The summed E-state index contributed by atoms with van der Waals surface area (Å²) >= 11 is 1.60. The fourth-order valence-corrected chi connectivity index (χ4v) is 4.18. The van der Waals surface area contributed by atoms with Crippen LogP contribution in [-0.2, 0) is 27.9 Å². The molecule has 0 unspecified atom stereocenters. The van der Waals surface area contributed by atoms with E-state index in [0.717, 1.165) is 10.4 Å². The number of furan rings is 1. The Morgan fingerprint density at radius 2 is 1.96 bits per heavy atom. The van der Waals surface area contributed by atoms with E-state index in [1.807, 2.05) is 17.5 Å². The summed E-state index contributed by atoms with van der Waals surface area (Å²) < 4.78 is 32.2. The summed E-state index contributed by atoms with van der Waals surface area (Å²) in [5.41, 5.74) is 0.739. The number of benzene rings is 1. The molecular weight excluding hydrogens is 396 g/mol. The molecule has 2 heterocycles. The number of rotatable bonds is 8. The number of nitrogens with one attached hydrogen (secondary N) is 1. The molecule has 146 valence electrons. The number of nitrogens with zero attached hydrogens (tertiary/aromatic N) is 1. The molecule has 0 saturated carbocycles. The Hall–Kier alpha value is -2.68. The molecule has 8 heteroatoms. The highest BCUT2D eigenvalue weighted by atomic mass is 32.2. The van der Waals surface area contributed by atoms with Gasteiger partial charge in [-0.2, -0.15) is 0 Å². The predicted molar refractivity (Wildman–Crippen MR) is 109 cm³/mol. The lowest BCUT2D eigenvalue weighted by molar-refractivity contribution is -0.125. The second-order valence-electron chi connectivity index (χ2n) is 6.08. The SMILES string of the molecule is CN(Cc1cccs1)C(=O)C=Cc1ccc(S(=O)(=O)NCc2ccco2)cc1. The molecule has 0 aliphatic carbocycles. The van der Waals surface area contributed by atoms with Gasteiger partial charge in [0.15, 0.2) is 0 Å². The van der Waals surface area contributed by atoms with E-state index in [4.69, 9.17) is 4.42 Å². The van der Waals surface area contributed by atoms with Crippen molar-refractivity contribution in [1.82, 2.24) is 9.62 Å². The van der Waals surface area contributed by atoms with Crippen molar-refractivity contribution in [3.05, 3.63) is 82.5 Å². The van der Waals surface area contributed by atoms with Crippen LogP contribution in [0.1, 0.15) is 16.2 Å². The van der Waals surface area contributed by atoms with Gasteiger partial charge >= 0.3 is 0 Å². The summed E-state index contributed by atoms with van der Waals surface area (Å²) in [6.45, 7) is 0.640. The minimum atomic E-state index is -3.64. The maximum Gasteiger partial charge on any atom is 0.246 e. The van der Waals surface area contributed by atoms with Crippen LogP contribution in [0.25, 0.3) is 6.08 Å². The summed E-state index contributed by atoms with van der Waals surface area (Å²) in [5, 5.41) is 1.97. The van der Waals surface area contributed by atoms with E-state index in [-0.39, 0.29) is 17.3 Å². The van der Waals surface area contributed by atoms with Gasteiger partial charge in [-0.15, -0.1) is 11.3 Å². The molecule has 3 rings (SSSR count). The molecule has 0 aliphatic heterocycles. The van der Waals surface area contributed by atoms with Crippen LogP contribution >= 0.6 is 11.3 Å². The normalized spacial score (nSPS) is 11.8. The van der Waals surface area contributed by atoms with Gasteiger partial charge in [0.25, 0.3) is 0 Å². The molecule has 2 aromatic heterocycles. The zero-order valence-electron chi connectivity index (χ0n) is 15.2. The predicted octanol–water partition coefficient (Wildman–Crippen LogP) is 3.49. The topological polar surface area (TPSA) is 79.6 Å². The highest BCUT2D eigenvalue weighted by Gasteiger charge is 2.14. The van der Waals surface area contributed by atoms with Gasteiger partial charge in [0.1, 0.15) is 5.76 Å². The van der Waals surface area contributed by atoms with Gasteiger partial charge in [-0.3, -0.25) is 4.79 Å². The number of hydrogen-bond acceptors (Lipinski definition) is 5. The lowest BCUT2D eigenvalue weighted by atomic mass is 10.2. The highest BCUT2D eigenvalue weighted by molar-refractivity contribution is 7.89.